The van der Waals surface area contributed by atoms with Crippen LogP contribution in [0, 0.1) is 0 Å². The Morgan fingerprint density at radius 3 is 2.60 bits per heavy atom. The van der Waals surface area contributed by atoms with Crippen LogP contribution in [0.25, 0.3) is 0 Å². The van der Waals surface area contributed by atoms with Crippen molar-refractivity contribution in [3.05, 3.63) is 29.3 Å². The Kier molecular flexibility index (Phi) is 4.55. The lowest BCUT2D eigenvalue weighted by atomic mass is 10.1. The quantitative estimate of drug-likeness (QED) is 0.835. The minimum absolute atomic E-state index is 0. The van der Waals surface area contributed by atoms with Crippen molar-refractivity contribution in [2.24, 2.45) is 5.73 Å². The van der Waals surface area contributed by atoms with E-state index in [1.54, 1.807) is 4.90 Å². The molecule has 1 aliphatic carbocycles. The zero-order chi connectivity index (χ0) is 17.1. The number of nitrogens with two attached hydrogens (primary N) is 1. The van der Waals surface area contributed by atoms with Crippen LogP contribution in [0.5, 0.6) is 0 Å². The monoisotopic (exact) mass is 385 g/mol. The van der Waals surface area contributed by atoms with Gasteiger partial charge in [0.2, 0.25) is 0 Å². The van der Waals surface area contributed by atoms with Gasteiger partial charge in [-0.25, -0.2) is 12.7 Å². The summed E-state index contributed by atoms with van der Waals surface area (Å²) in [6.45, 7) is 1.01. The number of carbonyl (C=O) groups is 2. The van der Waals surface area contributed by atoms with Crippen LogP contribution >= 0.6 is 12.4 Å². The summed E-state index contributed by atoms with van der Waals surface area (Å²) in [7, 11) is -3.84. The first-order chi connectivity index (χ1) is 11.4. The zero-order valence-electron chi connectivity index (χ0n) is 13.6. The highest BCUT2D eigenvalue weighted by Gasteiger charge is 2.49. The van der Waals surface area contributed by atoms with Crippen molar-refractivity contribution in [1.82, 2.24) is 9.21 Å². The molecule has 2 amide bonds. The summed E-state index contributed by atoms with van der Waals surface area (Å²) in [4.78, 5) is 26.7. The molecule has 1 unspecified atom stereocenters. The van der Waals surface area contributed by atoms with Gasteiger partial charge in [-0.1, -0.05) is 0 Å². The number of sulfonamides is 1. The summed E-state index contributed by atoms with van der Waals surface area (Å²) in [6, 6.07) is 4.11. The lowest BCUT2D eigenvalue weighted by molar-refractivity contribution is 0.0740. The van der Waals surface area contributed by atoms with Gasteiger partial charge in [-0.05, 0) is 43.9 Å². The van der Waals surface area contributed by atoms with E-state index in [-0.39, 0.29) is 40.9 Å². The fraction of sp³-hybridized carbons (Fsp3) is 0.500. The second-order valence-corrected chi connectivity index (χ2v) is 8.36. The molecule has 3 aliphatic rings. The molecule has 4 rings (SSSR count). The molecule has 9 heteroatoms. The third-order valence-electron chi connectivity index (χ3n) is 4.98. The molecule has 1 atom stereocenters. The molecule has 136 valence electrons. The van der Waals surface area contributed by atoms with Crippen molar-refractivity contribution >= 4 is 34.2 Å². The molecule has 0 bridgehead atoms. The summed E-state index contributed by atoms with van der Waals surface area (Å²) in [5, 5.41) is 0. The minimum Gasteiger partial charge on any atom is -0.334 e. The maximum absolute atomic E-state index is 12.7. The number of rotatable bonds is 3. The molecule has 2 heterocycles. The Morgan fingerprint density at radius 2 is 1.96 bits per heavy atom. The predicted molar refractivity (Wildman–Crippen MR) is 93.2 cm³/mol. The second-order valence-electron chi connectivity index (χ2n) is 6.58. The normalized spacial score (nSPS) is 24.2. The van der Waals surface area contributed by atoms with Gasteiger partial charge in [0.25, 0.3) is 21.8 Å². The third-order valence-corrected chi connectivity index (χ3v) is 6.86. The highest BCUT2D eigenvalue weighted by Crippen LogP contribution is 2.39. The van der Waals surface area contributed by atoms with Crippen LogP contribution in [0.2, 0.25) is 0 Å². The van der Waals surface area contributed by atoms with E-state index in [2.05, 4.69) is 0 Å². The molecule has 7 nitrogen and oxygen atoms in total. The van der Waals surface area contributed by atoms with E-state index in [1.165, 1.54) is 18.2 Å². The smallest absolute Gasteiger partial charge is 0.269 e. The lowest BCUT2D eigenvalue weighted by Crippen LogP contribution is -2.39. The summed E-state index contributed by atoms with van der Waals surface area (Å²) in [5.41, 5.74) is 6.17. The lowest BCUT2D eigenvalue weighted by Gasteiger charge is -2.23. The molecule has 25 heavy (non-hydrogen) atoms. The van der Waals surface area contributed by atoms with Crippen LogP contribution in [0.15, 0.2) is 23.1 Å². The van der Waals surface area contributed by atoms with Crippen molar-refractivity contribution in [3.8, 4) is 0 Å². The molecule has 1 aromatic rings. The maximum atomic E-state index is 12.7. The van der Waals surface area contributed by atoms with Gasteiger partial charge in [0.05, 0.1) is 5.56 Å². The van der Waals surface area contributed by atoms with Gasteiger partial charge in [-0.15, -0.1) is 12.4 Å². The number of nitrogens with zero attached hydrogens (tertiary/aromatic N) is 2. The fourth-order valence-electron chi connectivity index (χ4n) is 3.56. The Balaban J connectivity index is 0.00000182. The number of amides is 2. The van der Waals surface area contributed by atoms with Gasteiger partial charge in [-0.2, -0.15) is 0 Å². The molecule has 0 spiro atoms. The number of likely N-dealkylation sites (tertiary alicyclic amines) is 1. The SMILES string of the molecule is Cl.NCC1CCCN1C(=O)c1ccc2c(c1)S(=O)(=O)N(C1CC1)C2=O. The molecule has 2 aliphatic heterocycles. The summed E-state index contributed by atoms with van der Waals surface area (Å²) in [6.07, 6.45) is 3.16. The van der Waals surface area contributed by atoms with Crippen molar-refractivity contribution in [3.63, 3.8) is 0 Å². The standard InChI is InChI=1S/C16H19N3O4S.ClH/c17-9-12-2-1-7-18(12)15(20)10-3-6-13-14(8-10)24(22,23)19(16(13)21)11-4-5-11;/h3,6,8,11-12H,1-2,4-5,7,9,17H2;1H. The maximum Gasteiger partial charge on any atom is 0.269 e. The first kappa shape index (κ1) is 18.2. The van der Waals surface area contributed by atoms with Crippen molar-refractivity contribution < 1.29 is 18.0 Å². The first-order valence-corrected chi connectivity index (χ1v) is 9.63. The van der Waals surface area contributed by atoms with E-state index in [1.807, 2.05) is 0 Å². The number of carbonyl (C=O) groups excluding carboxylic acids is 2. The average molecular weight is 386 g/mol. The van der Waals surface area contributed by atoms with Gasteiger partial charge in [0.15, 0.2) is 0 Å². The Hall–Kier alpha value is -1.64. The first-order valence-electron chi connectivity index (χ1n) is 8.19. The Labute approximate surface area is 152 Å². The van der Waals surface area contributed by atoms with Crippen LogP contribution in [0.1, 0.15) is 46.4 Å². The second kappa shape index (κ2) is 6.26. The van der Waals surface area contributed by atoms with Crippen LogP contribution < -0.4 is 5.73 Å². The van der Waals surface area contributed by atoms with Crippen LogP contribution in [-0.2, 0) is 10.0 Å². The minimum atomic E-state index is -3.84. The van der Waals surface area contributed by atoms with E-state index < -0.39 is 15.9 Å². The molecule has 1 saturated carbocycles. The molecule has 2 fully saturated rings. The molecule has 1 aromatic carbocycles. The molecule has 2 N–H and O–H groups in total. The summed E-state index contributed by atoms with van der Waals surface area (Å²) in [5.74, 6) is -0.703. The van der Waals surface area contributed by atoms with Crippen LogP contribution in [0.4, 0.5) is 0 Å². The topological polar surface area (TPSA) is 101 Å². The highest BCUT2D eigenvalue weighted by atomic mass is 35.5. The Morgan fingerprint density at radius 1 is 1.24 bits per heavy atom. The number of hydrogen-bond donors (Lipinski definition) is 1. The zero-order valence-corrected chi connectivity index (χ0v) is 15.2. The number of fused-ring (bicyclic) bond motifs is 1. The summed E-state index contributed by atoms with van der Waals surface area (Å²) < 4.78 is 26.3. The van der Waals surface area contributed by atoms with Gasteiger partial charge in [-0.3, -0.25) is 9.59 Å². The number of benzene rings is 1. The average Bonchev–Trinajstić information content (AvgIpc) is 3.22. The van der Waals surface area contributed by atoms with E-state index in [0.717, 1.165) is 17.1 Å². The van der Waals surface area contributed by atoms with Crippen molar-refractivity contribution in [2.75, 3.05) is 13.1 Å². The van der Waals surface area contributed by atoms with E-state index >= 15 is 0 Å². The molecule has 1 saturated heterocycles. The van der Waals surface area contributed by atoms with Crippen LogP contribution in [-0.4, -0.2) is 54.6 Å². The predicted octanol–water partition coefficient (Wildman–Crippen LogP) is 0.979. The van der Waals surface area contributed by atoms with Gasteiger partial charge in [0.1, 0.15) is 4.90 Å². The molecular formula is C16H20ClN3O4S. The van der Waals surface area contributed by atoms with Crippen molar-refractivity contribution in [1.29, 1.82) is 0 Å². The summed E-state index contributed by atoms with van der Waals surface area (Å²) >= 11 is 0. The fourth-order valence-corrected chi connectivity index (χ4v) is 5.41. The van der Waals surface area contributed by atoms with Gasteiger partial charge < -0.3 is 10.6 Å². The van der Waals surface area contributed by atoms with Crippen molar-refractivity contribution in [2.45, 2.75) is 42.7 Å². The van der Waals surface area contributed by atoms with E-state index in [0.29, 0.717) is 31.5 Å². The number of halogens is 1. The van der Waals surface area contributed by atoms with Crippen LogP contribution in [0.3, 0.4) is 0 Å². The highest BCUT2D eigenvalue weighted by molar-refractivity contribution is 7.90. The number of hydrogen-bond acceptors (Lipinski definition) is 5. The molecule has 0 aromatic heterocycles. The Bertz CT molecular complexity index is 838. The van der Waals surface area contributed by atoms with Gasteiger partial charge in [0, 0.05) is 30.7 Å². The molecular weight excluding hydrogens is 366 g/mol. The molecule has 0 radical (unpaired) electrons. The van der Waals surface area contributed by atoms with Gasteiger partial charge >= 0.3 is 0 Å². The van der Waals surface area contributed by atoms with E-state index in [4.69, 9.17) is 5.73 Å². The van der Waals surface area contributed by atoms with E-state index in [9.17, 15) is 18.0 Å². The largest absolute Gasteiger partial charge is 0.334 e. The third kappa shape index (κ3) is 2.72.